The lowest BCUT2D eigenvalue weighted by molar-refractivity contribution is -0.151. The van der Waals surface area contributed by atoms with E-state index in [2.05, 4.69) is 5.32 Å². The van der Waals surface area contributed by atoms with Crippen molar-refractivity contribution >= 4 is 11.9 Å². The van der Waals surface area contributed by atoms with Crippen LogP contribution in [0.25, 0.3) is 0 Å². The van der Waals surface area contributed by atoms with Crippen LogP contribution in [0.5, 0.6) is 0 Å². The highest BCUT2D eigenvalue weighted by atomic mass is 16.5. The Morgan fingerprint density at radius 2 is 2.06 bits per heavy atom. The third-order valence-corrected chi connectivity index (χ3v) is 2.76. The molecule has 1 saturated heterocycles. The van der Waals surface area contributed by atoms with E-state index in [9.17, 15) is 14.8 Å². The molecule has 1 heterocycles. The highest BCUT2D eigenvalue weighted by Crippen LogP contribution is 2.15. The number of nitrogens with one attached hydrogen (secondary N) is 1. The van der Waals surface area contributed by atoms with E-state index in [4.69, 9.17) is 5.11 Å². The first kappa shape index (κ1) is 12.9. The van der Waals surface area contributed by atoms with Crippen molar-refractivity contribution in [3.05, 3.63) is 0 Å². The number of rotatable bonds is 4. The number of carboxylic acid groups (broad SMARTS) is 1. The first-order valence-corrected chi connectivity index (χ1v) is 5.42. The standard InChI is InChI=1S/C10H18N2O4/c1-6(2)8(10(14)15)11-9(13)7-4-3-5-12(7)16/h6-8,16H,3-5H2,1-2H3,(H,11,13)(H,14,15). The smallest absolute Gasteiger partial charge is 0.326 e. The largest absolute Gasteiger partial charge is 0.480 e. The number of nitrogens with zero attached hydrogens (tertiary/aromatic N) is 1. The molecule has 16 heavy (non-hydrogen) atoms. The van der Waals surface area contributed by atoms with Gasteiger partial charge in [0.25, 0.3) is 0 Å². The molecule has 6 nitrogen and oxygen atoms in total. The Labute approximate surface area is 94.2 Å². The van der Waals surface area contributed by atoms with Gasteiger partial charge in [-0.15, -0.1) is 0 Å². The lowest BCUT2D eigenvalue weighted by atomic mass is 10.0. The molecule has 1 fully saturated rings. The number of carbonyl (C=O) groups excluding carboxylic acids is 1. The van der Waals surface area contributed by atoms with E-state index in [-0.39, 0.29) is 5.92 Å². The summed E-state index contributed by atoms with van der Waals surface area (Å²) in [5.74, 6) is -1.65. The van der Waals surface area contributed by atoms with E-state index < -0.39 is 24.0 Å². The maximum atomic E-state index is 11.7. The molecule has 0 radical (unpaired) electrons. The predicted octanol–water partition coefficient (Wildman–Crippen LogP) is 0.0654. The minimum atomic E-state index is -1.05. The summed E-state index contributed by atoms with van der Waals surface area (Å²) >= 11 is 0. The molecule has 0 bridgehead atoms. The molecule has 0 aromatic rings. The van der Waals surface area contributed by atoms with Crippen molar-refractivity contribution in [3.63, 3.8) is 0 Å². The fourth-order valence-electron chi connectivity index (χ4n) is 1.78. The maximum absolute atomic E-state index is 11.7. The van der Waals surface area contributed by atoms with Crippen molar-refractivity contribution in [1.82, 2.24) is 10.4 Å². The van der Waals surface area contributed by atoms with Crippen LogP contribution in [0.1, 0.15) is 26.7 Å². The van der Waals surface area contributed by atoms with Crippen molar-refractivity contribution in [2.75, 3.05) is 6.54 Å². The van der Waals surface area contributed by atoms with E-state index >= 15 is 0 Å². The van der Waals surface area contributed by atoms with E-state index in [0.29, 0.717) is 13.0 Å². The first-order valence-electron chi connectivity index (χ1n) is 5.42. The number of hydrogen-bond donors (Lipinski definition) is 3. The molecule has 0 aromatic carbocycles. The zero-order chi connectivity index (χ0) is 12.3. The van der Waals surface area contributed by atoms with Gasteiger partial charge >= 0.3 is 5.97 Å². The topological polar surface area (TPSA) is 89.9 Å². The molecule has 1 aliphatic rings. The Balaban J connectivity index is 2.58. The van der Waals surface area contributed by atoms with Gasteiger partial charge in [-0.1, -0.05) is 13.8 Å². The van der Waals surface area contributed by atoms with Gasteiger partial charge in [0, 0.05) is 6.54 Å². The molecule has 0 aliphatic carbocycles. The number of aliphatic carboxylic acids is 1. The Morgan fingerprint density at radius 3 is 2.44 bits per heavy atom. The second-order valence-corrected chi connectivity index (χ2v) is 4.39. The van der Waals surface area contributed by atoms with E-state index in [1.54, 1.807) is 13.8 Å². The van der Waals surface area contributed by atoms with Gasteiger partial charge in [0.15, 0.2) is 0 Å². The van der Waals surface area contributed by atoms with Gasteiger partial charge in [-0.2, -0.15) is 5.06 Å². The van der Waals surface area contributed by atoms with Gasteiger partial charge < -0.3 is 15.6 Å². The number of hydrogen-bond acceptors (Lipinski definition) is 4. The fourth-order valence-corrected chi connectivity index (χ4v) is 1.78. The molecule has 1 rings (SSSR count). The van der Waals surface area contributed by atoms with Crippen LogP contribution in [0.15, 0.2) is 0 Å². The molecule has 3 N–H and O–H groups in total. The molecule has 92 valence electrons. The molecule has 0 aromatic heterocycles. The Morgan fingerprint density at radius 1 is 1.44 bits per heavy atom. The third-order valence-electron chi connectivity index (χ3n) is 2.76. The lowest BCUT2D eigenvalue weighted by Gasteiger charge is -2.22. The Kier molecular flexibility index (Phi) is 4.26. The van der Waals surface area contributed by atoms with Crippen LogP contribution in [0, 0.1) is 5.92 Å². The van der Waals surface area contributed by atoms with E-state index in [1.165, 1.54) is 0 Å². The summed E-state index contributed by atoms with van der Waals surface area (Å²) in [6.07, 6.45) is 1.31. The SMILES string of the molecule is CC(C)C(NC(=O)C1CCCN1O)C(=O)O. The molecule has 6 heteroatoms. The Bertz CT molecular complexity index is 280. The van der Waals surface area contributed by atoms with Crippen LogP contribution in [0.3, 0.4) is 0 Å². The number of amides is 1. The molecule has 1 amide bonds. The zero-order valence-electron chi connectivity index (χ0n) is 9.51. The number of hydroxylamine groups is 2. The van der Waals surface area contributed by atoms with Crippen LogP contribution in [0.4, 0.5) is 0 Å². The van der Waals surface area contributed by atoms with Crippen LogP contribution in [0.2, 0.25) is 0 Å². The van der Waals surface area contributed by atoms with Gasteiger partial charge in [0.1, 0.15) is 12.1 Å². The van der Waals surface area contributed by atoms with Gasteiger partial charge in [-0.25, -0.2) is 4.79 Å². The van der Waals surface area contributed by atoms with Gasteiger partial charge in [-0.3, -0.25) is 4.79 Å². The maximum Gasteiger partial charge on any atom is 0.326 e. The second kappa shape index (κ2) is 5.27. The molecular formula is C10H18N2O4. The van der Waals surface area contributed by atoms with Gasteiger partial charge in [-0.05, 0) is 18.8 Å². The summed E-state index contributed by atoms with van der Waals surface area (Å²) < 4.78 is 0. The number of carbonyl (C=O) groups is 2. The third kappa shape index (κ3) is 2.93. The normalized spacial score (nSPS) is 23.4. The average Bonchev–Trinajstić information content (AvgIpc) is 2.59. The lowest BCUT2D eigenvalue weighted by Crippen LogP contribution is -2.50. The summed E-state index contributed by atoms with van der Waals surface area (Å²) in [7, 11) is 0. The first-order chi connectivity index (χ1) is 7.43. The summed E-state index contributed by atoms with van der Waals surface area (Å²) in [6, 6.07) is -1.51. The highest BCUT2D eigenvalue weighted by molar-refractivity contribution is 5.87. The van der Waals surface area contributed by atoms with Crippen molar-refractivity contribution in [3.8, 4) is 0 Å². The summed E-state index contributed by atoms with van der Waals surface area (Å²) in [5, 5.41) is 21.7. The number of carboxylic acids is 1. The molecule has 2 unspecified atom stereocenters. The van der Waals surface area contributed by atoms with Crippen LogP contribution in [-0.2, 0) is 9.59 Å². The molecule has 1 aliphatic heterocycles. The molecule has 0 spiro atoms. The highest BCUT2D eigenvalue weighted by Gasteiger charge is 2.33. The Hall–Kier alpha value is -1.14. The van der Waals surface area contributed by atoms with Crippen molar-refractivity contribution < 1.29 is 19.9 Å². The van der Waals surface area contributed by atoms with E-state index in [0.717, 1.165) is 11.5 Å². The quantitative estimate of drug-likeness (QED) is 0.635. The predicted molar refractivity (Wildman–Crippen MR) is 55.9 cm³/mol. The summed E-state index contributed by atoms with van der Waals surface area (Å²) in [6.45, 7) is 3.91. The van der Waals surface area contributed by atoms with Gasteiger partial charge in [0.05, 0.1) is 0 Å². The second-order valence-electron chi connectivity index (χ2n) is 4.39. The molecule has 2 atom stereocenters. The molecule has 0 saturated carbocycles. The van der Waals surface area contributed by atoms with Crippen molar-refractivity contribution in [1.29, 1.82) is 0 Å². The van der Waals surface area contributed by atoms with E-state index in [1.807, 2.05) is 0 Å². The minimum Gasteiger partial charge on any atom is -0.480 e. The van der Waals surface area contributed by atoms with Crippen molar-refractivity contribution in [2.24, 2.45) is 5.92 Å². The monoisotopic (exact) mass is 230 g/mol. The van der Waals surface area contributed by atoms with Gasteiger partial charge in [0.2, 0.25) is 5.91 Å². The van der Waals surface area contributed by atoms with Crippen molar-refractivity contribution in [2.45, 2.75) is 38.8 Å². The molecular weight excluding hydrogens is 212 g/mol. The summed E-state index contributed by atoms with van der Waals surface area (Å²) in [4.78, 5) is 22.6. The fraction of sp³-hybridized carbons (Fsp3) is 0.800. The van der Waals surface area contributed by atoms with Crippen LogP contribution < -0.4 is 5.32 Å². The summed E-state index contributed by atoms with van der Waals surface area (Å²) in [5.41, 5.74) is 0. The van der Waals surface area contributed by atoms with Crippen LogP contribution in [-0.4, -0.2) is 45.9 Å². The average molecular weight is 230 g/mol. The van der Waals surface area contributed by atoms with Crippen LogP contribution >= 0.6 is 0 Å². The zero-order valence-corrected chi connectivity index (χ0v) is 9.51. The minimum absolute atomic E-state index is 0.185.